The van der Waals surface area contributed by atoms with Crippen molar-refractivity contribution in [3.63, 3.8) is 0 Å². The zero-order valence-corrected chi connectivity index (χ0v) is 13.2. The van der Waals surface area contributed by atoms with Crippen LogP contribution in [-0.2, 0) is 9.59 Å². The fourth-order valence-corrected chi connectivity index (χ4v) is 2.32. The molecule has 114 valence electrons. The lowest BCUT2D eigenvalue weighted by atomic mass is 9.91. The van der Waals surface area contributed by atoms with Gasteiger partial charge in [-0.1, -0.05) is 32.6 Å². The largest absolute Gasteiger partial charge is 0.464 e. The standard InChI is InChI=1S/C15H17NO3.C2H6/c1-4-5-10-12(8-19-14(10)9(2)3)11-6-7-13(17)16-15(11)18;1-2/h4-5,8,11H,1,6-7H2,2-3H3,(H,16,17,18);1-2H3/b10-5-;. The van der Waals surface area contributed by atoms with Gasteiger partial charge in [0.05, 0.1) is 12.2 Å². The molecular formula is C17H23NO3. The van der Waals surface area contributed by atoms with Crippen LogP contribution < -0.4 is 16.0 Å². The fourth-order valence-electron chi connectivity index (χ4n) is 2.32. The van der Waals surface area contributed by atoms with Crippen LogP contribution in [0, 0.1) is 0 Å². The van der Waals surface area contributed by atoms with Crippen molar-refractivity contribution in [3.8, 4) is 0 Å². The molecule has 4 nitrogen and oxygen atoms in total. The average molecular weight is 289 g/mol. The molecule has 0 spiro atoms. The maximum atomic E-state index is 11.9. The van der Waals surface area contributed by atoms with E-state index in [1.807, 2.05) is 33.8 Å². The number of rotatable bonds is 2. The second-order valence-electron chi connectivity index (χ2n) is 4.84. The highest BCUT2D eigenvalue weighted by Gasteiger charge is 2.29. The Balaban J connectivity index is 0.00000106. The van der Waals surface area contributed by atoms with E-state index >= 15 is 0 Å². The third kappa shape index (κ3) is 3.72. The van der Waals surface area contributed by atoms with Crippen LogP contribution in [0.2, 0.25) is 0 Å². The molecule has 2 rings (SSSR count). The third-order valence-corrected chi connectivity index (χ3v) is 3.21. The molecule has 0 radical (unpaired) electrons. The Labute approximate surface area is 125 Å². The van der Waals surface area contributed by atoms with E-state index in [1.165, 1.54) is 0 Å². The van der Waals surface area contributed by atoms with Crippen LogP contribution in [-0.4, -0.2) is 11.8 Å². The van der Waals surface area contributed by atoms with Crippen molar-refractivity contribution in [2.24, 2.45) is 0 Å². The van der Waals surface area contributed by atoms with Gasteiger partial charge in [0.15, 0.2) is 0 Å². The smallest absolute Gasteiger partial charge is 0.234 e. The monoisotopic (exact) mass is 289 g/mol. The number of carbonyl (C=O) groups is 2. The van der Waals surface area contributed by atoms with Crippen LogP contribution in [0.1, 0.15) is 52.0 Å². The average Bonchev–Trinajstić information content (AvgIpc) is 2.85. The summed E-state index contributed by atoms with van der Waals surface area (Å²) in [4.78, 5) is 23.1. The summed E-state index contributed by atoms with van der Waals surface area (Å²) >= 11 is 0. The van der Waals surface area contributed by atoms with Crippen LogP contribution in [0.4, 0.5) is 0 Å². The van der Waals surface area contributed by atoms with Gasteiger partial charge < -0.3 is 4.42 Å². The topological polar surface area (TPSA) is 59.3 Å². The highest BCUT2D eigenvalue weighted by molar-refractivity contribution is 6.00. The molecule has 1 atom stereocenters. The summed E-state index contributed by atoms with van der Waals surface area (Å²) in [5.41, 5.74) is 2.62. The Morgan fingerprint density at radius 2 is 2.05 bits per heavy atom. The van der Waals surface area contributed by atoms with E-state index in [0.29, 0.717) is 12.8 Å². The fraction of sp³-hybridized carbons (Fsp3) is 0.412. The Kier molecular flexibility index (Phi) is 6.15. The van der Waals surface area contributed by atoms with E-state index in [2.05, 4.69) is 11.9 Å². The highest BCUT2D eigenvalue weighted by atomic mass is 16.3. The maximum absolute atomic E-state index is 11.9. The van der Waals surface area contributed by atoms with E-state index in [1.54, 1.807) is 12.3 Å². The number of furan rings is 1. The van der Waals surface area contributed by atoms with Gasteiger partial charge >= 0.3 is 0 Å². The predicted octanol–water partition coefficient (Wildman–Crippen LogP) is 1.98. The minimum atomic E-state index is -0.333. The molecule has 2 amide bonds. The molecule has 1 aliphatic rings. The second kappa shape index (κ2) is 7.62. The minimum absolute atomic E-state index is 0.211. The normalized spacial score (nSPS) is 18.7. The van der Waals surface area contributed by atoms with Crippen LogP contribution >= 0.6 is 0 Å². The summed E-state index contributed by atoms with van der Waals surface area (Å²) < 4.78 is 5.56. The number of imide groups is 1. The van der Waals surface area contributed by atoms with Crippen molar-refractivity contribution in [2.45, 2.75) is 46.5 Å². The van der Waals surface area contributed by atoms with Crippen molar-refractivity contribution in [2.75, 3.05) is 0 Å². The molecule has 0 bridgehead atoms. The number of carbonyl (C=O) groups excluding carboxylic acids is 2. The molecule has 0 saturated carbocycles. The summed E-state index contributed by atoms with van der Waals surface area (Å²) in [5.74, 6) is -0.797. The molecule has 1 aliphatic heterocycles. The zero-order chi connectivity index (χ0) is 16.0. The van der Waals surface area contributed by atoms with Crippen molar-refractivity contribution in [1.29, 1.82) is 0 Å². The van der Waals surface area contributed by atoms with Gasteiger partial charge in [-0.05, 0) is 25.8 Å². The molecular weight excluding hydrogens is 266 g/mol. The molecule has 1 N–H and O–H groups in total. The molecule has 21 heavy (non-hydrogen) atoms. The van der Waals surface area contributed by atoms with Crippen molar-refractivity contribution in [1.82, 2.24) is 5.32 Å². The first-order valence-corrected chi connectivity index (χ1v) is 7.26. The SMILES string of the molecule is C=C/C=c1/c(C2CCC(=O)NC2=O)coc1=C(C)C.CC. The molecule has 1 aromatic rings. The zero-order valence-electron chi connectivity index (χ0n) is 13.2. The van der Waals surface area contributed by atoms with E-state index in [-0.39, 0.29) is 17.7 Å². The number of nitrogens with one attached hydrogen (secondary N) is 1. The van der Waals surface area contributed by atoms with Gasteiger partial charge in [-0.15, -0.1) is 0 Å². The van der Waals surface area contributed by atoms with Gasteiger partial charge in [-0.25, -0.2) is 0 Å². The summed E-state index contributed by atoms with van der Waals surface area (Å²) in [6, 6.07) is 0. The van der Waals surface area contributed by atoms with Crippen LogP contribution in [0.25, 0.3) is 11.6 Å². The lowest BCUT2D eigenvalue weighted by Crippen LogP contribution is -2.41. The summed E-state index contributed by atoms with van der Waals surface area (Å²) in [5, 5.41) is 3.25. The van der Waals surface area contributed by atoms with E-state index in [4.69, 9.17) is 4.42 Å². The van der Waals surface area contributed by atoms with Crippen LogP contribution in [0.5, 0.6) is 0 Å². The number of hydrogen-bond donors (Lipinski definition) is 1. The van der Waals surface area contributed by atoms with Crippen molar-refractivity contribution >= 4 is 23.5 Å². The molecule has 0 aromatic carbocycles. The van der Waals surface area contributed by atoms with Gasteiger partial charge in [-0.3, -0.25) is 14.9 Å². The Hall–Kier alpha value is -2.10. The number of amides is 2. The third-order valence-electron chi connectivity index (χ3n) is 3.21. The molecule has 4 heteroatoms. The quantitative estimate of drug-likeness (QED) is 0.847. The van der Waals surface area contributed by atoms with Gasteiger partial charge in [0.2, 0.25) is 11.8 Å². The summed E-state index contributed by atoms with van der Waals surface area (Å²) in [6.07, 6.45) is 6.00. The van der Waals surface area contributed by atoms with E-state index < -0.39 is 0 Å². The predicted molar refractivity (Wildman–Crippen MR) is 83.8 cm³/mol. The summed E-state index contributed by atoms with van der Waals surface area (Å²) in [7, 11) is 0. The van der Waals surface area contributed by atoms with Gasteiger partial charge in [0, 0.05) is 17.2 Å². The van der Waals surface area contributed by atoms with Gasteiger partial charge in [-0.2, -0.15) is 0 Å². The Morgan fingerprint density at radius 1 is 1.38 bits per heavy atom. The van der Waals surface area contributed by atoms with E-state index in [0.717, 1.165) is 21.8 Å². The lowest BCUT2D eigenvalue weighted by Gasteiger charge is -2.19. The first kappa shape index (κ1) is 17.0. The highest BCUT2D eigenvalue weighted by Crippen LogP contribution is 2.21. The van der Waals surface area contributed by atoms with Crippen molar-refractivity contribution in [3.05, 3.63) is 35.1 Å². The molecule has 0 aliphatic carbocycles. The van der Waals surface area contributed by atoms with Crippen molar-refractivity contribution < 1.29 is 14.0 Å². The molecule has 1 fully saturated rings. The van der Waals surface area contributed by atoms with E-state index in [9.17, 15) is 9.59 Å². The first-order valence-electron chi connectivity index (χ1n) is 7.26. The second-order valence-corrected chi connectivity index (χ2v) is 4.84. The minimum Gasteiger partial charge on any atom is -0.464 e. The van der Waals surface area contributed by atoms with Gasteiger partial charge in [0.25, 0.3) is 0 Å². The molecule has 1 saturated heterocycles. The lowest BCUT2D eigenvalue weighted by molar-refractivity contribution is -0.134. The number of allylic oxidation sites excluding steroid dienone is 1. The van der Waals surface area contributed by atoms with Crippen LogP contribution in [0.15, 0.2) is 23.3 Å². The maximum Gasteiger partial charge on any atom is 0.234 e. The first-order chi connectivity index (χ1) is 10.0. The Morgan fingerprint density at radius 3 is 2.57 bits per heavy atom. The van der Waals surface area contributed by atoms with Crippen LogP contribution in [0.3, 0.4) is 0 Å². The number of hydrogen-bond acceptors (Lipinski definition) is 3. The molecule has 2 heterocycles. The molecule has 1 unspecified atom stereocenters. The Bertz CT molecular complexity index is 648. The molecule has 1 aromatic heterocycles. The summed E-state index contributed by atoms with van der Waals surface area (Å²) in [6.45, 7) is 11.6. The number of piperidine rings is 1. The van der Waals surface area contributed by atoms with Gasteiger partial charge in [0.1, 0.15) is 5.42 Å².